The Kier molecular flexibility index (Phi) is 5.36. The molecule has 32 heavy (non-hydrogen) atoms. The highest BCUT2D eigenvalue weighted by Crippen LogP contribution is 2.27. The maximum absolute atomic E-state index is 12.6. The lowest BCUT2D eigenvalue weighted by Crippen LogP contribution is -2.42. The van der Waals surface area contributed by atoms with E-state index in [9.17, 15) is 4.79 Å². The van der Waals surface area contributed by atoms with Crippen LogP contribution in [-0.2, 0) is 0 Å². The van der Waals surface area contributed by atoms with Crippen LogP contribution in [0.25, 0.3) is 22.4 Å². The number of amides is 1. The summed E-state index contributed by atoms with van der Waals surface area (Å²) in [7, 11) is 4.17. The van der Waals surface area contributed by atoms with E-state index in [2.05, 4.69) is 32.1 Å². The molecule has 1 fully saturated rings. The molecule has 0 aliphatic carbocycles. The summed E-state index contributed by atoms with van der Waals surface area (Å²) in [6.45, 7) is 2.14. The van der Waals surface area contributed by atoms with Crippen molar-refractivity contribution in [2.45, 2.75) is 18.9 Å². The zero-order valence-corrected chi connectivity index (χ0v) is 18.1. The molecular weight excluding hydrogens is 406 g/mol. The largest absolute Gasteiger partial charge is 0.432 e. The number of anilines is 2. The molecule has 8 heteroatoms. The minimum atomic E-state index is -0.418. The molecule has 3 heterocycles. The summed E-state index contributed by atoms with van der Waals surface area (Å²) in [5.41, 5.74) is 2.84. The molecule has 0 saturated carbocycles. The van der Waals surface area contributed by atoms with E-state index in [4.69, 9.17) is 8.83 Å². The van der Waals surface area contributed by atoms with Crippen LogP contribution in [0.3, 0.4) is 0 Å². The van der Waals surface area contributed by atoms with Crippen LogP contribution in [0.5, 0.6) is 0 Å². The third kappa shape index (κ3) is 4.09. The number of piperidine rings is 1. The van der Waals surface area contributed by atoms with Crippen molar-refractivity contribution in [1.82, 2.24) is 14.9 Å². The second kappa shape index (κ2) is 8.47. The lowest BCUT2D eigenvalue weighted by atomic mass is 10.0. The van der Waals surface area contributed by atoms with E-state index >= 15 is 0 Å². The van der Waals surface area contributed by atoms with Gasteiger partial charge in [0.1, 0.15) is 5.52 Å². The normalized spacial score (nSPS) is 15.2. The molecule has 1 aliphatic rings. The van der Waals surface area contributed by atoms with Crippen LogP contribution in [0, 0.1) is 0 Å². The first-order valence-corrected chi connectivity index (χ1v) is 10.7. The number of hydrogen-bond acceptors (Lipinski definition) is 7. The Morgan fingerprint density at radius 3 is 2.69 bits per heavy atom. The number of aromatic nitrogens is 2. The number of nitrogens with zero attached hydrogens (tertiary/aromatic N) is 4. The van der Waals surface area contributed by atoms with Gasteiger partial charge in [-0.15, -0.1) is 0 Å². The lowest BCUT2D eigenvalue weighted by molar-refractivity contribution is 0.0991. The Morgan fingerprint density at radius 1 is 1.12 bits per heavy atom. The fourth-order valence-electron chi connectivity index (χ4n) is 3.98. The molecule has 8 nitrogen and oxygen atoms in total. The van der Waals surface area contributed by atoms with E-state index in [-0.39, 0.29) is 5.89 Å². The average Bonchev–Trinajstić information content (AvgIpc) is 3.47. The standard InChI is InChI=1S/C24H25N5O3/c1-28-12-10-18(11-13-28)29(2)24-27-19-14-17(8-9-20(19)32-24)26-22(30)23-25-15-21(31-23)16-6-4-3-5-7-16/h3-9,14-15,18H,10-13H2,1-2H3,(H,26,30). The number of nitrogens with one attached hydrogen (secondary N) is 1. The molecule has 1 N–H and O–H groups in total. The summed E-state index contributed by atoms with van der Waals surface area (Å²) in [4.78, 5) is 25.8. The number of benzene rings is 2. The van der Waals surface area contributed by atoms with Crippen molar-refractivity contribution in [2.75, 3.05) is 37.4 Å². The SMILES string of the molecule is CN1CCC(N(C)c2nc3cc(NC(=O)c4ncc(-c5ccccc5)o4)ccc3o2)CC1. The molecule has 1 amide bonds. The van der Waals surface area contributed by atoms with E-state index < -0.39 is 5.91 Å². The molecule has 164 valence electrons. The molecule has 5 rings (SSSR count). The van der Waals surface area contributed by atoms with Crippen molar-refractivity contribution >= 4 is 28.7 Å². The van der Waals surface area contributed by atoms with Crippen molar-refractivity contribution in [2.24, 2.45) is 0 Å². The molecule has 0 spiro atoms. The topological polar surface area (TPSA) is 87.6 Å². The maximum Gasteiger partial charge on any atom is 0.311 e. The zero-order chi connectivity index (χ0) is 22.1. The van der Waals surface area contributed by atoms with Gasteiger partial charge in [-0.1, -0.05) is 30.3 Å². The quantitative estimate of drug-likeness (QED) is 0.505. The van der Waals surface area contributed by atoms with Crippen LogP contribution in [-0.4, -0.2) is 54.0 Å². The second-order valence-corrected chi connectivity index (χ2v) is 8.17. The van der Waals surface area contributed by atoms with Gasteiger partial charge in [0, 0.05) is 24.3 Å². The fraction of sp³-hybridized carbons (Fsp3) is 0.292. The number of carbonyl (C=O) groups excluding carboxylic acids is 1. The summed E-state index contributed by atoms with van der Waals surface area (Å²) in [6.07, 6.45) is 3.71. The number of fused-ring (bicyclic) bond motifs is 1. The predicted molar refractivity (Wildman–Crippen MR) is 123 cm³/mol. The third-order valence-corrected chi connectivity index (χ3v) is 5.93. The van der Waals surface area contributed by atoms with Crippen LogP contribution in [0.4, 0.5) is 11.7 Å². The molecule has 2 aromatic carbocycles. The Hall–Kier alpha value is -3.65. The summed E-state index contributed by atoms with van der Waals surface area (Å²) in [6, 6.07) is 15.9. The zero-order valence-electron chi connectivity index (χ0n) is 18.1. The van der Waals surface area contributed by atoms with E-state index in [0.717, 1.165) is 31.5 Å². The molecule has 1 saturated heterocycles. The van der Waals surface area contributed by atoms with Gasteiger partial charge in [-0.05, 0) is 51.2 Å². The molecule has 4 aromatic rings. The maximum atomic E-state index is 12.6. The van der Waals surface area contributed by atoms with Crippen LogP contribution >= 0.6 is 0 Å². The van der Waals surface area contributed by atoms with Crippen LogP contribution in [0.1, 0.15) is 23.5 Å². The minimum Gasteiger partial charge on any atom is -0.432 e. The Morgan fingerprint density at radius 2 is 1.91 bits per heavy atom. The monoisotopic (exact) mass is 431 g/mol. The molecule has 1 aliphatic heterocycles. The Balaban J connectivity index is 1.30. The summed E-state index contributed by atoms with van der Waals surface area (Å²) < 4.78 is 11.6. The summed E-state index contributed by atoms with van der Waals surface area (Å²) in [5.74, 6) is 0.134. The number of rotatable bonds is 5. The fourth-order valence-corrected chi connectivity index (χ4v) is 3.98. The van der Waals surface area contributed by atoms with Gasteiger partial charge in [0.15, 0.2) is 11.3 Å². The van der Waals surface area contributed by atoms with E-state index in [1.165, 1.54) is 0 Å². The van der Waals surface area contributed by atoms with Crippen LogP contribution in [0.2, 0.25) is 0 Å². The Labute approximate surface area is 185 Å². The average molecular weight is 431 g/mol. The molecule has 0 atom stereocenters. The molecule has 2 aromatic heterocycles. The van der Waals surface area contributed by atoms with Crippen molar-refractivity contribution in [1.29, 1.82) is 0 Å². The number of oxazole rings is 2. The van der Waals surface area contributed by atoms with Crippen molar-refractivity contribution in [3.8, 4) is 11.3 Å². The lowest BCUT2D eigenvalue weighted by Gasteiger charge is -2.34. The third-order valence-electron chi connectivity index (χ3n) is 5.93. The summed E-state index contributed by atoms with van der Waals surface area (Å²) >= 11 is 0. The first-order chi connectivity index (χ1) is 15.6. The summed E-state index contributed by atoms with van der Waals surface area (Å²) in [5, 5.41) is 2.83. The highest BCUT2D eigenvalue weighted by atomic mass is 16.4. The van der Waals surface area contributed by atoms with Gasteiger partial charge in [0.25, 0.3) is 11.9 Å². The van der Waals surface area contributed by atoms with Gasteiger partial charge in [0.05, 0.1) is 6.20 Å². The van der Waals surface area contributed by atoms with Crippen LogP contribution in [0.15, 0.2) is 63.6 Å². The van der Waals surface area contributed by atoms with Gasteiger partial charge in [0.2, 0.25) is 0 Å². The Bertz CT molecular complexity index is 1220. The smallest absolute Gasteiger partial charge is 0.311 e. The number of carbonyl (C=O) groups is 1. The first kappa shape index (κ1) is 20.3. The van der Waals surface area contributed by atoms with Gasteiger partial charge >= 0.3 is 5.91 Å². The van der Waals surface area contributed by atoms with E-state index in [1.807, 2.05) is 43.4 Å². The highest BCUT2D eigenvalue weighted by molar-refractivity contribution is 6.02. The van der Waals surface area contributed by atoms with Gasteiger partial charge in [-0.3, -0.25) is 4.79 Å². The highest BCUT2D eigenvalue weighted by Gasteiger charge is 2.24. The van der Waals surface area contributed by atoms with Crippen molar-refractivity contribution < 1.29 is 13.6 Å². The van der Waals surface area contributed by atoms with Crippen molar-refractivity contribution in [3.63, 3.8) is 0 Å². The minimum absolute atomic E-state index is 0.00629. The molecule has 0 radical (unpaired) electrons. The van der Waals surface area contributed by atoms with Crippen molar-refractivity contribution in [3.05, 3.63) is 60.6 Å². The number of hydrogen-bond donors (Lipinski definition) is 1. The second-order valence-electron chi connectivity index (χ2n) is 8.17. The number of likely N-dealkylation sites (tertiary alicyclic amines) is 1. The van der Waals surface area contributed by atoms with E-state index in [0.29, 0.717) is 34.6 Å². The molecule has 0 unspecified atom stereocenters. The van der Waals surface area contributed by atoms with Gasteiger partial charge in [-0.25, -0.2) is 4.98 Å². The first-order valence-electron chi connectivity index (χ1n) is 10.7. The van der Waals surface area contributed by atoms with Gasteiger partial charge in [-0.2, -0.15) is 4.98 Å². The van der Waals surface area contributed by atoms with Crippen LogP contribution < -0.4 is 10.2 Å². The predicted octanol–water partition coefficient (Wildman–Crippen LogP) is 4.27. The molecular formula is C24H25N5O3. The van der Waals surface area contributed by atoms with E-state index in [1.54, 1.807) is 18.3 Å². The van der Waals surface area contributed by atoms with Gasteiger partial charge < -0.3 is 24.0 Å². The molecule has 0 bridgehead atoms.